The van der Waals surface area contributed by atoms with Gasteiger partial charge in [0.15, 0.2) is 11.6 Å². The highest BCUT2D eigenvalue weighted by atomic mass is 35.5. The number of aliphatic hydroxyl groups is 1. The van der Waals surface area contributed by atoms with Gasteiger partial charge in [0.05, 0.1) is 6.10 Å². The quantitative estimate of drug-likeness (QED) is 0.721. The summed E-state index contributed by atoms with van der Waals surface area (Å²) in [6.45, 7) is 1.49. The van der Waals surface area contributed by atoms with Crippen LogP contribution in [0.4, 0.5) is 4.39 Å². The van der Waals surface area contributed by atoms with E-state index >= 15 is 0 Å². The maximum atomic E-state index is 14.2. The van der Waals surface area contributed by atoms with Crippen LogP contribution in [-0.2, 0) is 0 Å². The average molecular weight is 401 g/mol. The number of hydrogen-bond acceptors (Lipinski definition) is 4. The Balaban J connectivity index is 0.00000243. The van der Waals surface area contributed by atoms with Crippen LogP contribution in [0.3, 0.4) is 0 Å². The van der Waals surface area contributed by atoms with E-state index in [1.54, 1.807) is 24.3 Å². The molecule has 1 fully saturated rings. The van der Waals surface area contributed by atoms with Gasteiger partial charge in [-0.15, -0.1) is 12.4 Å². The van der Waals surface area contributed by atoms with Crippen LogP contribution in [-0.4, -0.2) is 36.8 Å². The fourth-order valence-corrected chi connectivity index (χ4v) is 2.73. The summed E-state index contributed by atoms with van der Waals surface area (Å²) in [5.74, 6) is -0.597. The summed E-state index contributed by atoms with van der Waals surface area (Å²) in [5.41, 5.74) is 0.196. The molecule has 3 N–H and O–H groups in total. The van der Waals surface area contributed by atoms with Crippen LogP contribution < -0.4 is 15.4 Å². The van der Waals surface area contributed by atoms with E-state index < -0.39 is 17.8 Å². The lowest BCUT2D eigenvalue weighted by Gasteiger charge is -2.14. The highest BCUT2D eigenvalue weighted by Gasteiger charge is 2.25. The zero-order chi connectivity index (χ0) is 17.8. The first-order valence-corrected chi connectivity index (χ1v) is 8.30. The molecule has 0 aliphatic carbocycles. The van der Waals surface area contributed by atoms with Crippen LogP contribution in [0.2, 0.25) is 5.02 Å². The van der Waals surface area contributed by atoms with Gasteiger partial charge in [0.1, 0.15) is 5.75 Å². The summed E-state index contributed by atoms with van der Waals surface area (Å²) in [6.07, 6.45) is -0.479. The van der Waals surface area contributed by atoms with Gasteiger partial charge in [0.2, 0.25) is 0 Å². The van der Waals surface area contributed by atoms with Crippen molar-refractivity contribution >= 4 is 29.9 Å². The van der Waals surface area contributed by atoms with Crippen LogP contribution in [0.1, 0.15) is 10.4 Å². The Morgan fingerprint density at radius 3 is 2.62 bits per heavy atom. The van der Waals surface area contributed by atoms with Crippen molar-refractivity contribution in [1.29, 1.82) is 0 Å². The molecule has 2 unspecified atom stereocenters. The summed E-state index contributed by atoms with van der Waals surface area (Å²) in [5, 5.41) is 16.0. The molecule has 140 valence electrons. The second-order valence-corrected chi connectivity index (χ2v) is 6.33. The minimum absolute atomic E-state index is 0. The summed E-state index contributed by atoms with van der Waals surface area (Å²) in [4.78, 5) is 12.1. The molecular weight excluding hydrogens is 382 g/mol. The third-order valence-corrected chi connectivity index (χ3v) is 4.32. The number of carbonyl (C=O) groups excluding carboxylic acids is 1. The Morgan fingerprint density at radius 1 is 1.27 bits per heavy atom. The van der Waals surface area contributed by atoms with Gasteiger partial charge in [-0.05, 0) is 42.5 Å². The van der Waals surface area contributed by atoms with E-state index in [1.807, 2.05) is 0 Å². The number of carbonyl (C=O) groups is 1. The summed E-state index contributed by atoms with van der Waals surface area (Å²) >= 11 is 5.79. The van der Waals surface area contributed by atoms with E-state index in [0.29, 0.717) is 30.4 Å². The Kier molecular flexibility index (Phi) is 7.23. The number of nitrogens with one attached hydrogen (secondary N) is 2. The van der Waals surface area contributed by atoms with Gasteiger partial charge >= 0.3 is 0 Å². The molecule has 26 heavy (non-hydrogen) atoms. The van der Waals surface area contributed by atoms with Crippen molar-refractivity contribution in [1.82, 2.24) is 10.6 Å². The van der Waals surface area contributed by atoms with Crippen LogP contribution in [0, 0.1) is 11.7 Å². The molecule has 0 radical (unpaired) electrons. The van der Waals surface area contributed by atoms with Gasteiger partial charge in [-0.3, -0.25) is 4.79 Å². The van der Waals surface area contributed by atoms with Crippen molar-refractivity contribution < 1.29 is 19.0 Å². The predicted molar refractivity (Wildman–Crippen MR) is 99.9 cm³/mol. The molecule has 1 heterocycles. The first kappa shape index (κ1) is 20.5. The van der Waals surface area contributed by atoms with Crippen molar-refractivity contribution in [3.8, 4) is 11.5 Å². The third-order valence-electron chi connectivity index (χ3n) is 4.06. The molecule has 0 bridgehead atoms. The summed E-state index contributed by atoms with van der Waals surface area (Å²) in [6, 6.07) is 10.6. The molecule has 1 saturated heterocycles. The monoisotopic (exact) mass is 400 g/mol. The van der Waals surface area contributed by atoms with E-state index in [2.05, 4.69) is 10.6 Å². The predicted octanol–water partition coefficient (Wildman–Crippen LogP) is 3.00. The Hall–Kier alpha value is -1.86. The molecule has 0 aromatic heterocycles. The molecule has 1 amide bonds. The van der Waals surface area contributed by atoms with Gasteiger partial charge in [-0.1, -0.05) is 11.6 Å². The lowest BCUT2D eigenvalue weighted by molar-refractivity contribution is 0.0926. The standard InChI is InChI=1S/C18H18ClFN2O3.ClH/c19-13-2-4-14(5-3-13)25-17-6-1-11(7-15(17)20)18(24)22-9-12-8-21-10-16(12)23;/h1-7,12,16,21,23H,8-10H2,(H,22,24);1H. The molecule has 0 saturated carbocycles. The average Bonchev–Trinajstić information content (AvgIpc) is 3.01. The maximum Gasteiger partial charge on any atom is 0.251 e. The Labute approximate surface area is 161 Å². The lowest BCUT2D eigenvalue weighted by Crippen LogP contribution is -2.34. The van der Waals surface area contributed by atoms with Crippen LogP contribution in [0.5, 0.6) is 11.5 Å². The third kappa shape index (κ3) is 5.08. The second-order valence-electron chi connectivity index (χ2n) is 5.90. The topological polar surface area (TPSA) is 70.6 Å². The zero-order valence-electron chi connectivity index (χ0n) is 13.7. The van der Waals surface area contributed by atoms with Crippen molar-refractivity contribution in [2.45, 2.75) is 6.10 Å². The smallest absolute Gasteiger partial charge is 0.251 e. The molecule has 2 aromatic rings. The van der Waals surface area contributed by atoms with Crippen LogP contribution in [0.15, 0.2) is 42.5 Å². The van der Waals surface area contributed by atoms with E-state index in [0.717, 1.165) is 6.07 Å². The fraction of sp³-hybridized carbons (Fsp3) is 0.278. The van der Waals surface area contributed by atoms with E-state index in [1.165, 1.54) is 12.1 Å². The minimum Gasteiger partial charge on any atom is -0.454 e. The summed E-state index contributed by atoms with van der Waals surface area (Å²) < 4.78 is 19.6. The molecule has 1 aliphatic rings. The van der Waals surface area contributed by atoms with Crippen molar-refractivity contribution in [3.63, 3.8) is 0 Å². The van der Waals surface area contributed by atoms with E-state index in [-0.39, 0.29) is 29.6 Å². The van der Waals surface area contributed by atoms with Crippen molar-refractivity contribution in [2.24, 2.45) is 5.92 Å². The molecule has 8 heteroatoms. The Bertz CT molecular complexity index is 759. The minimum atomic E-state index is -0.634. The van der Waals surface area contributed by atoms with Gasteiger partial charge < -0.3 is 20.5 Å². The lowest BCUT2D eigenvalue weighted by atomic mass is 10.1. The molecular formula is C18H19Cl2FN2O3. The number of β-amino-alcohol motifs (C(OH)–C–C–N with tert-alkyl or cyclic N) is 1. The number of hydrogen-bond donors (Lipinski definition) is 3. The molecule has 5 nitrogen and oxygen atoms in total. The van der Waals surface area contributed by atoms with Gasteiger partial charge in [-0.2, -0.15) is 0 Å². The van der Waals surface area contributed by atoms with E-state index in [4.69, 9.17) is 16.3 Å². The van der Waals surface area contributed by atoms with Gasteiger partial charge in [-0.25, -0.2) is 4.39 Å². The normalized spacial score (nSPS) is 18.9. The maximum absolute atomic E-state index is 14.2. The van der Waals surface area contributed by atoms with Gasteiger partial charge in [0.25, 0.3) is 5.91 Å². The number of amides is 1. The molecule has 3 rings (SSSR count). The van der Waals surface area contributed by atoms with E-state index in [9.17, 15) is 14.3 Å². The largest absolute Gasteiger partial charge is 0.454 e. The molecule has 2 atom stereocenters. The zero-order valence-corrected chi connectivity index (χ0v) is 15.3. The number of aliphatic hydroxyl groups excluding tert-OH is 1. The second kappa shape index (κ2) is 9.19. The number of benzene rings is 2. The highest BCUT2D eigenvalue weighted by molar-refractivity contribution is 6.30. The Morgan fingerprint density at radius 2 is 2.00 bits per heavy atom. The first-order chi connectivity index (χ1) is 12.0. The number of halogens is 3. The molecule has 2 aromatic carbocycles. The first-order valence-electron chi connectivity index (χ1n) is 7.93. The fourth-order valence-electron chi connectivity index (χ4n) is 2.61. The van der Waals surface area contributed by atoms with Crippen LogP contribution in [0.25, 0.3) is 0 Å². The molecule has 0 spiro atoms. The van der Waals surface area contributed by atoms with Crippen molar-refractivity contribution in [3.05, 3.63) is 58.9 Å². The van der Waals surface area contributed by atoms with Crippen molar-refractivity contribution in [2.75, 3.05) is 19.6 Å². The number of rotatable bonds is 5. The van der Waals surface area contributed by atoms with Gasteiger partial charge in [0, 0.05) is 36.1 Å². The SMILES string of the molecule is Cl.O=C(NCC1CNCC1O)c1ccc(Oc2ccc(Cl)cc2)c(F)c1. The van der Waals surface area contributed by atoms with Crippen LogP contribution >= 0.6 is 24.0 Å². The molecule has 1 aliphatic heterocycles. The number of ether oxygens (including phenoxy) is 1. The highest BCUT2D eigenvalue weighted by Crippen LogP contribution is 2.26. The summed E-state index contributed by atoms with van der Waals surface area (Å²) in [7, 11) is 0.